The van der Waals surface area contributed by atoms with E-state index in [4.69, 9.17) is 0 Å². The molecule has 0 bridgehead atoms. The fourth-order valence-corrected chi connectivity index (χ4v) is 0.572. The number of carbonyl (C=O) groups excluding carboxylic acids is 1. The van der Waals surface area contributed by atoms with Gasteiger partial charge in [-0.2, -0.15) is 0 Å². The van der Waals surface area contributed by atoms with Gasteiger partial charge in [0.25, 0.3) is 0 Å². The maximum Gasteiger partial charge on any atom is 0.151 e. The van der Waals surface area contributed by atoms with Gasteiger partial charge in [0, 0.05) is 18.0 Å². The van der Waals surface area contributed by atoms with Gasteiger partial charge in [-0.15, -0.1) is 0 Å². The van der Waals surface area contributed by atoms with E-state index in [0.717, 1.165) is 6.29 Å². The number of hydrogen-bond acceptors (Lipinski definition) is 2. The SMILES string of the molecule is O=CC1=CC=CC=CN=C1. The van der Waals surface area contributed by atoms with Gasteiger partial charge >= 0.3 is 0 Å². The molecule has 1 aliphatic heterocycles. The third-order valence-corrected chi connectivity index (χ3v) is 1.04. The minimum Gasteiger partial charge on any atom is -0.298 e. The summed E-state index contributed by atoms with van der Waals surface area (Å²) in [6.45, 7) is 0. The molecule has 1 heterocycles. The molecule has 2 heteroatoms. The van der Waals surface area contributed by atoms with E-state index in [2.05, 4.69) is 4.99 Å². The molecular formula is C8H7NO. The van der Waals surface area contributed by atoms with Gasteiger partial charge in [0.1, 0.15) is 0 Å². The van der Waals surface area contributed by atoms with Crippen LogP contribution < -0.4 is 0 Å². The second-order valence-corrected chi connectivity index (χ2v) is 1.79. The molecule has 50 valence electrons. The lowest BCUT2D eigenvalue weighted by atomic mass is 10.3. The van der Waals surface area contributed by atoms with Crippen LogP contribution in [0.2, 0.25) is 0 Å². The van der Waals surface area contributed by atoms with E-state index in [9.17, 15) is 4.79 Å². The lowest BCUT2D eigenvalue weighted by Gasteiger charge is -1.86. The van der Waals surface area contributed by atoms with Crippen LogP contribution in [0.1, 0.15) is 0 Å². The van der Waals surface area contributed by atoms with Crippen LogP contribution in [0, 0.1) is 0 Å². The van der Waals surface area contributed by atoms with Crippen molar-refractivity contribution >= 4 is 12.5 Å². The summed E-state index contributed by atoms with van der Waals surface area (Å²) < 4.78 is 0. The zero-order chi connectivity index (χ0) is 7.23. The van der Waals surface area contributed by atoms with Gasteiger partial charge in [0.15, 0.2) is 6.29 Å². The van der Waals surface area contributed by atoms with E-state index in [1.165, 1.54) is 6.21 Å². The quantitative estimate of drug-likeness (QED) is 0.495. The molecule has 0 spiro atoms. The van der Waals surface area contributed by atoms with Crippen LogP contribution >= 0.6 is 0 Å². The van der Waals surface area contributed by atoms with E-state index in [1.54, 1.807) is 24.4 Å². The van der Waals surface area contributed by atoms with Crippen molar-refractivity contribution in [2.45, 2.75) is 0 Å². The average molecular weight is 133 g/mol. The summed E-state index contributed by atoms with van der Waals surface area (Å²) >= 11 is 0. The Morgan fingerprint density at radius 3 is 3.00 bits per heavy atom. The summed E-state index contributed by atoms with van der Waals surface area (Å²) in [5, 5.41) is 0. The van der Waals surface area contributed by atoms with Crippen molar-refractivity contribution in [1.29, 1.82) is 0 Å². The third-order valence-electron chi connectivity index (χ3n) is 1.04. The Kier molecular flexibility index (Phi) is 2.38. The van der Waals surface area contributed by atoms with E-state index in [-0.39, 0.29) is 0 Å². The van der Waals surface area contributed by atoms with Crippen molar-refractivity contribution in [2.24, 2.45) is 4.99 Å². The molecule has 0 aromatic carbocycles. The summed E-state index contributed by atoms with van der Waals surface area (Å²) in [6.07, 6.45) is 11.0. The standard InChI is InChI=1S/C8H7NO/c10-7-8-4-2-1-3-5-9-6-8/h1-7H. The highest BCUT2D eigenvalue weighted by atomic mass is 16.1. The Bertz CT molecular complexity index is 234. The number of nitrogens with zero attached hydrogens (tertiary/aromatic N) is 1. The van der Waals surface area contributed by atoms with Crippen LogP contribution in [0.3, 0.4) is 0 Å². The van der Waals surface area contributed by atoms with Crippen molar-refractivity contribution < 1.29 is 4.79 Å². The molecule has 10 heavy (non-hydrogen) atoms. The molecule has 0 aromatic heterocycles. The Balaban J connectivity index is 2.82. The van der Waals surface area contributed by atoms with Gasteiger partial charge in [-0.05, 0) is 6.08 Å². The highest BCUT2D eigenvalue weighted by molar-refractivity contribution is 6.02. The summed E-state index contributed by atoms with van der Waals surface area (Å²) in [5.41, 5.74) is 0.584. The fraction of sp³-hybridized carbons (Fsp3) is 0. The van der Waals surface area contributed by atoms with Crippen LogP contribution in [0.5, 0.6) is 0 Å². The third kappa shape index (κ3) is 1.82. The number of aldehydes is 1. The minimum absolute atomic E-state index is 0.584. The molecule has 0 radical (unpaired) electrons. The Hall–Kier alpha value is -1.44. The molecule has 0 saturated heterocycles. The maximum absolute atomic E-state index is 10.2. The minimum atomic E-state index is 0.584. The van der Waals surface area contributed by atoms with Gasteiger partial charge in [0.05, 0.1) is 0 Å². The fourth-order valence-electron chi connectivity index (χ4n) is 0.572. The number of carbonyl (C=O) groups is 1. The summed E-state index contributed by atoms with van der Waals surface area (Å²) in [6, 6.07) is 0. The first-order valence-electron chi connectivity index (χ1n) is 2.95. The topological polar surface area (TPSA) is 29.4 Å². The van der Waals surface area contributed by atoms with E-state index in [0.29, 0.717) is 5.57 Å². The van der Waals surface area contributed by atoms with Gasteiger partial charge in [0.2, 0.25) is 0 Å². The smallest absolute Gasteiger partial charge is 0.151 e. The van der Waals surface area contributed by atoms with Gasteiger partial charge < -0.3 is 0 Å². The Morgan fingerprint density at radius 1 is 1.30 bits per heavy atom. The number of rotatable bonds is 1. The van der Waals surface area contributed by atoms with E-state index >= 15 is 0 Å². The molecule has 1 aliphatic rings. The predicted octanol–water partition coefficient (Wildman–Crippen LogP) is 1.27. The molecule has 0 unspecified atom stereocenters. The monoisotopic (exact) mass is 133 g/mol. The second kappa shape index (κ2) is 3.56. The molecule has 0 amide bonds. The van der Waals surface area contributed by atoms with Crippen LogP contribution in [-0.4, -0.2) is 12.5 Å². The highest BCUT2D eigenvalue weighted by Gasteiger charge is 1.85. The second-order valence-electron chi connectivity index (χ2n) is 1.79. The first-order valence-corrected chi connectivity index (χ1v) is 2.95. The lowest BCUT2D eigenvalue weighted by molar-refractivity contribution is -0.104. The van der Waals surface area contributed by atoms with Crippen molar-refractivity contribution in [3.8, 4) is 0 Å². The number of aliphatic imine (C=N–C) groups is 1. The molecule has 0 N–H and O–H groups in total. The normalized spacial score (nSPS) is 15.8. The van der Waals surface area contributed by atoms with Crippen molar-refractivity contribution in [2.75, 3.05) is 0 Å². The molecule has 0 fully saturated rings. The zero-order valence-corrected chi connectivity index (χ0v) is 5.40. The van der Waals surface area contributed by atoms with E-state index in [1.807, 2.05) is 6.08 Å². The van der Waals surface area contributed by atoms with Crippen LogP contribution in [0.25, 0.3) is 0 Å². The molecule has 0 aromatic rings. The number of hydrogen-bond donors (Lipinski definition) is 0. The van der Waals surface area contributed by atoms with Crippen LogP contribution in [-0.2, 0) is 4.79 Å². The molecule has 0 atom stereocenters. The van der Waals surface area contributed by atoms with Crippen molar-refractivity contribution in [3.63, 3.8) is 0 Å². The molecule has 1 rings (SSSR count). The first-order chi connectivity index (χ1) is 4.93. The summed E-state index contributed by atoms with van der Waals surface area (Å²) in [5.74, 6) is 0. The highest BCUT2D eigenvalue weighted by Crippen LogP contribution is 1.91. The predicted molar refractivity (Wildman–Crippen MR) is 40.9 cm³/mol. The van der Waals surface area contributed by atoms with Crippen LogP contribution in [0.15, 0.2) is 41.1 Å². The Morgan fingerprint density at radius 2 is 2.20 bits per heavy atom. The van der Waals surface area contributed by atoms with Crippen molar-refractivity contribution in [1.82, 2.24) is 0 Å². The average Bonchev–Trinajstić information content (AvgIpc) is 1.87. The summed E-state index contributed by atoms with van der Waals surface area (Å²) in [7, 11) is 0. The molecular weight excluding hydrogens is 126 g/mol. The van der Waals surface area contributed by atoms with E-state index < -0.39 is 0 Å². The largest absolute Gasteiger partial charge is 0.298 e. The number of allylic oxidation sites excluding steroid dienone is 5. The summed E-state index contributed by atoms with van der Waals surface area (Å²) in [4.78, 5) is 14.0. The van der Waals surface area contributed by atoms with Gasteiger partial charge in [-0.1, -0.05) is 18.2 Å². The maximum atomic E-state index is 10.2. The molecule has 0 saturated carbocycles. The Labute approximate surface area is 59.3 Å². The zero-order valence-electron chi connectivity index (χ0n) is 5.40. The first kappa shape index (κ1) is 6.68. The molecule has 2 nitrogen and oxygen atoms in total. The molecule has 0 aliphatic carbocycles. The van der Waals surface area contributed by atoms with Gasteiger partial charge in [-0.25, -0.2) is 0 Å². The van der Waals surface area contributed by atoms with Crippen molar-refractivity contribution in [3.05, 3.63) is 36.1 Å². The van der Waals surface area contributed by atoms with Crippen LogP contribution in [0.4, 0.5) is 0 Å². The lowest BCUT2D eigenvalue weighted by Crippen LogP contribution is -1.84. The van der Waals surface area contributed by atoms with Gasteiger partial charge in [-0.3, -0.25) is 9.79 Å².